The van der Waals surface area contributed by atoms with Gasteiger partial charge in [0, 0.05) is 16.1 Å². The highest BCUT2D eigenvalue weighted by atomic mass is 35.5. The van der Waals surface area contributed by atoms with Crippen molar-refractivity contribution in [1.82, 2.24) is 5.32 Å². The monoisotopic (exact) mass is 255 g/mol. The molecule has 0 unspecified atom stereocenters. The molecule has 0 amide bonds. The van der Waals surface area contributed by atoms with Crippen LogP contribution in [0.1, 0.15) is 35.7 Å². The van der Waals surface area contributed by atoms with Crippen molar-refractivity contribution >= 4 is 17.4 Å². The van der Waals surface area contributed by atoms with Crippen LogP contribution in [-0.2, 0) is 0 Å². The first kappa shape index (κ1) is 14.0. The fourth-order valence-corrected chi connectivity index (χ4v) is 2.17. The summed E-state index contributed by atoms with van der Waals surface area (Å²) in [6.07, 6.45) is 0. The first-order chi connectivity index (χ1) is 8.01. The molecular weight excluding hydrogens is 238 g/mol. The number of likely N-dealkylation sites (N-methyl/N-ethyl adjacent to an activating group) is 1. The lowest BCUT2D eigenvalue weighted by Gasteiger charge is -2.15. The summed E-state index contributed by atoms with van der Waals surface area (Å²) in [4.78, 5) is 11.8. The van der Waals surface area contributed by atoms with Crippen LogP contribution in [0.4, 0.5) is 0 Å². The zero-order chi connectivity index (χ0) is 13.0. The van der Waals surface area contributed by atoms with Gasteiger partial charge in [0.25, 0.3) is 0 Å². The second kappa shape index (κ2) is 6.03. The molecule has 0 aliphatic heterocycles. The van der Waals surface area contributed by atoms with Crippen LogP contribution in [0.3, 0.4) is 0 Å². The van der Waals surface area contributed by atoms with Gasteiger partial charge in [-0.1, -0.05) is 25.4 Å². The van der Waals surface area contributed by atoms with E-state index in [1.165, 1.54) is 0 Å². The van der Waals surface area contributed by atoms with E-state index in [0.29, 0.717) is 22.9 Å². The molecular formula is C13H18ClNO2. The van der Waals surface area contributed by atoms with Crippen molar-refractivity contribution in [3.05, 3.63) is 28.3 Å². The first-order valence-corrected chi connectivity index (χ1v) is 5.94. The second-order valence-corrected chi connectivity index (χ2v) is 4.59. The highest BCUT2D eigenvalue weighted by Gasteiger charge is 2.16. The molecule has 1 rings (SSSR count). The van der Waals surface area contributed by atoms with Crippen LogP contribution in [0, 0.1) is 0 Å². The summed E-state index contributed by atoms with van der Waals surface area (Å²) < 4.78 is 5.30. The maximum Gasteiger partial charge on any atom is 0.176 e. The molecule has 0 heterocycles. The molecule has 0 saturated heterocycles. The Morgan fingerprint density at radius 1 is 1.47 bits per heavy atom. The highest BCUT2D eigenvalue weighted by molar-refractivity contribution is 6.32. The molecule has 0 radical (unpaired) electrons. The summed E-state index contributed by atoms with van der Waals surface area (Å²) in [6.45, 7) is 4.37. The fourth-order valence-electron chi connectivity index (χ4n) is 1.75. The number of rotatable bonds is 5. The topological polar surface area (TPSA) is 38.3 Å². The van der Waals surface area contributed by atoms with Gasteiger partial charge in [0.2, 0.25) is 0 Å². The van der Waals surface area contributed by atoms with E-state index in [2.05, 4.69) is 5.32 Å². The number of hydrogen-bond donors (Lipinski definition) is 1. The van der Waals surface area contributed by atoms with Gasteiger partial charge >= 0.3 is 0 Å². The molecule has 1 N–H and O–H groups in total. The average Bonchev–Trinajstić information content (AvgIpc) is 2.27. The molecule has 94 valence electrons. The van der Waals surface area contributed by atoms with Crippen LogP contribution in [0.15, 0.2) is 12.1 Å². The summed E-state index contributed by atoms with van der Waals surface area (Å²) in [5.74, 6) is 0.931. The smallest absolute Gasteiger partial charge is 0.176 e. The lowest BCUT2D eigenvalue weighted by atomic mass is 9.98. The van der Waals surface area contributed by atoms with Crippen molar-refractivity contribution in [3.63, 3.8) is 0 Å². The van der Waals surface area contributed by atoms with Gasteiger partial charge in [-0.25, -0.2) is 0 Å². The van der Waals surface area contributed by atoms with Gasteiger partial charge in [-0.15, -0.1) is 0 Å². The third kappa shape index (κ3) is 3.20. The lowest BCUT2D eigenvalue weighted by molar-refractivity contribution is 0.0993. The van der Waals surface area contributed by atoms with Gasteiger partial charge in [-0.05, 0) is 25.1 Å². The Morgan fingerprint density at radius 3 is 2.59 bits per heavy atom. The quantitative estimate of drug-likeness (QED) is 0.823. The van der Waals surface area contributed by atoms with E-state index in [1.807, 2.05) is 13.8 Å². The zero-order valence-corrected chi connectivity index (χ0v) is 11.4. The van der Waals surface area contributed by atoms with E-state index in [4.69, 9.17) is 16.3 Å². The van der Waals surface area contributed by atoms with E-state index in [1.54, 1.807) is 26.3 Å². The van der Waals surface area contributed by atoms with Crippen LogP contribution in [0.2, 0.25) is 5.02 Å². The molecule has 0 aliphatic rings. The third-order valence-corrected chi connectivity index (χ3v) is 2.86. The Hall–Kier alpha value is -1.06. The normalized spacial score (nSPS) is 10.7. The van der Waals surface area contributed by atoms with Crippen LogP contribution in [-0.4, -0.2) is 26.5 Å². The van der Waals surface area contributed by atoms with Gasteiger partial charge in [0.15, 0.2) is 5.78 Å². The number of ketones is 1. The minimum absolute atomic E-state index is 0.00278. The maximum absolute atomic E-state index is 11.8. The first-order valence-electron chi connectivity index (χ1n) is 5.56. The molecule has 0 spiro atoms. The maximum atomic E-state index is 11.8. The lowest BCUT2D eigenvalue weighted by Crippen LogP contribution is -2.18. The molecule has 1 aromatic rings. The molecule has 17 heavy (non-hydrogen) atoms. The van der Waals surface area contributed by atoms with Crippen molar-refractivity contribution < 1.29 is 9.53 Å². The molecule has 0 bridgehead atoms. The molecule has 1 aromatic carbocycles. The van der Waals surface area contributed by atoms with Crippen LogP contribution in [0.25, 0.3) is 0 Å². The molecule has 4 heteroatoms. The van der Waals surface area contributed by atoms with Crippen molar-refractivity contribution in [3.8, 4) is 5.75 Å². The minimum atomic E-state index is 0.00278. The molecule has 0 aromatic heterocycles. The van der Waals surface area contributed by atoms with E-state index < -0.39 is 0 Å². The van der Waals surface area contributed by atoms with Crippen molar-refractivity contribution in [2.45, 2.75) is 19.8 Å². The van der Waals surface area contributed by atoms with E-state index in [-0.39, 0.29) is 11.7 Å². The van der Waals surface area contributed by atoms with Crippen molar-refractivity contribution in [1.29, 1.82) is 0 Å². The van der Waals surface area contributed by atoms with Gasteiger partial charge in [-0.3, -0.25) is 4.79 Å². The summed E-state index contributed by atoms with van der Waals surface area (Å²) in [7, 11) is 3.32. The number of methoxy groups -OCH3 is 1. The number of halogens is 1. The molecule has 3 nitrogen and oxygen atoms in total. The van der Waals surface area contributed by atoms with Gasteiger partial charge in [-0.2, -0.15) is 0 Å². The summed E-state index contributed by atoms with van der Waals surface area (Å²) in [5, 5.41) is 3.41. The Bertz CT molecular complexity index is 416. The zero-order valence-electron chi connectivity index (χ0n) is 10.6. The minimum Gasteiger partial charge on any atom is -0.496 e. The van der Waals surface area contributed by atoms with Crippen LogP contribution in [0.5, 0.6) is 5.75 Å². The van der Waals surface area contributed by atoms with Crippen LogP contribution >= 0.6 is 11.6 Å². The largest absolute Gasteiger partial charge is 0.496 e. The second-order valence-electron chi connectivity index (χ2n) is 4.18. The number of Topliss-reactive ketones (excluding diaryl/α,β-unsaturated/α-hetero) is 1. The molecule has 0 atom stereocenters. The fraction of sp³-hybridized carbons (Fsp3) is 0.462. The highest BCUT2D eigenvalue weighted by Crippen LogP contribution is 2.34. The van der Waals surface area contributed by atoms with Gasteiger partial charge in [0.1, 0.15) is 5.75 Å². The summed E-state index contributed by atoms with van der Waals surface area (Å²) in [6, 6.07) is 3.46. The van der Waals surface area contributed by atoms with E-state index in [9.17, 15) is 4.79 Å². The average molecular weight is 256 g/mol. The number of nitrogens with one attached hydrogen (secondary N) is 1. The van der Waals surface area contributed by atoms with E-state index in [0.717, 1.165) is 5.56 Å². The number of hydrogen-bond acceptors (Lipinski definition) is 3. The Kier molecular flexibility index (Phi) is 4.97. The van der Waals surface area contributed by atoms with Gasteiger partial charge < -0.3 is 10.1 Å². The number of carbonyl (C=O) groups is 1. The Balaban J connectivity index is 3.22. The Morgan fingerprint density at radius 2 is 2.12 bits per heavy atom. The number of ether oxygens (including phenoxy) is 1. The van der Waals surface area contributed by atoms with Crippen molar-refractivity contribution in [2.75, 3.05) is 20.7 Å². The molecule has 0 fully saturated rings. The van der Waals surface area contributed by atoms with Gasteiger partial charge in [0.05, 0.1) is 13.7 Å². The Labute approximate surface area is 107 Å². The van der Waals surface area contributed by atoms with E-state index >= 15 is 0 Å². The third-order valence-electron chi connectivity index (χ3n) is 2.55. The van der Waals surface area contributed by atoms with Crippen LogP contribution < -0.4 is 10.1 Å². The SMILES string of the molecule is CNCC(=O)c1cc(Cl)c(C(C)C)c(OC)c1. The predicted octanol–water partition coefficient (Wildman–Crippen LogP) is 2.87. The standard InChI is InChI=1S/C13H18ClNO2/c1-8(2)13-10(14)5-9(6-12(13)17-4)11(16)7-15-3/h5-6,8,15H,7H2,1-4H3. The predicted molar refractivity (Wildman–Crippen MR) is 70.4 cm³/mol. The summed E-state index contributed by atoms with van der Waals surface area (Å²) in [5.41, 5.74) is 1.51. The van der Waals surface area contributed by atoms with Crippen molar-refractivity contribution in [2.24, 2.45) is 0 Å². The number of carbonyl (C=O) groups excluding carboxylic acids is 1. The molecule has 0 aliphatic carbocycles. The summed E-state index contributed by atoms with van der Waals surface area (Å²) >= 11 is 6.20. The molecule has 0 saturated carbocycles. The number of benzene rings is 1.